The number of aryl methyl sites for hydroxylation is 1. The van der Waals surface area contributed by atoms with E-state index in [2.05, 4.69) is 10.3 Å². The van der Waals surface area contributed by atoms with Crippen molar-refractivity contribution in [3.05, 3.63) is 40.6 Å². The predicted octanol–water partition coefficient (Wildman–Crippen LogP) is 0.846. The van der Waals surface area contributed by atoms with E-state index in [0.29, 0.717) is 30.1 Å². The third-order valence-electron chi connectivity index (χ3n) is 5.13. The Morgan fingerprint density at radius 2 is 2.00 bits per heavy atom. The zero-order valence-corrected chi connectivity index (χ0v) is 14.9. The molecular weight excluding hydrogens is 358 g/mol. The topological polar surface area (TPSA) is 103 Å². The normalized spacial score (nSPS) is 19.1. The Balaban J connectivity index is 1.38. The zero-order valence-electron chi connectivity index (χ0n) is 14.1. The number of sulfonamides is 1. The van der Waals surface area contributed by atoms with Gasteiger partial charge in [-0.15, -0.1) is 5.10 Å². The van der Waals surface area contributed by atoms with Gasteiger partial charge in [-0.2, -0.15) is 4.31 Å². The lowest BCUT2D eigenvalue weighted by atomic mass is 10.2. The summed E-state index contributed by atoms with van der Waals surface area (Å²) in [5.41, 5.74) is 1.82. The molecule has 10 heteroatoms. The minimum atomic E-state index is -3.62. The van der Waals surface area contributed by atoms with Gasteiger partial charge in [0.2, 0.25) is 10.0 Å². The Bertz CT molecular complexity index is 1160. The first-order chi connectivity index (χ1) is 12.4. The average Bonchev–Trinajstić information content (AvgIpc) is 3.24. The molecule has 1 saturated heterocycles. The molecule has 1 aliphatic heterocycles. The van der Waals surface area contributed by atoms with Crippen LogP contribution < -0.4 is 5.76 Å². The molecule has 3 aromatic rings. The van der Waals surface area contributed by atoms with Crippen LogP contribution >= 0.6 is 0 Å². The number of rotatable bonds is 4. The molecule has 1 aromatic carbocycles. The molecule has 136 valence electrons. The summed E-state index contributed by atoms with van der Waals surface area (Å²) in [6.07, 6.45) is 4.24. The molecule has 2 fully saturated rings. The van der Waals surface area contributed by atoms with Crippen LogP contribution in [0, 0.1) is 0 Å². The highest BCUT2D eigenvalue weighted by molar-refractivity contribution is 7.89. The lowest BCUT2D eigenvalue weighted by molar-refractivity contribution is 0.189. The van der Waals surface area contributed by atoms with Gasteiger partial charge in [0.15, 0.2) is 5.58 Å². The third kappa shape index (κ3) is 2.32. The van der Waals surface area contributed by atoms with Gasteiger partial charge in [-0.3, -0.25) is 4.57 Å². The van der Waals surface area contributed by atoms with E-state index >= 15 is 0 Å². The molecular formula is C16H17N5O4S. The van der Waals surface area contributed by atoms with Crippen molar-refractivity contribution in [1.82, 2.24) is 23.9 Å². The van der Waals surface area contributed by atoms with E-state index in [0.717, 1.165) is 18.5 Å². The van der Waals surface area contributed by atoms with Crippen LogP contribution in [-0.2, 0) is 17.1 Å². The van der Waals surface area contributed by atoms with Crippen molar-refractivity contribution in [3.63, 3.8) is 0 Å². The molecule has 5 rings (SSSR count). The van der Waals surface area contributed by atoms with Gasteiger partial charge >= 0.3 is 5.76 Å². The molecule has 0 atom stereocenters. The molecule has 1 saturated carbocycles. The van der Waals surface area contributed by atoms with Crippen molar-refractivity contribution in [2.45, 2.75) is 29.7 Å². The van der Waals surface area contributed by atoms with Gasteiger partial charge in [-0.1, -0.05) is 5.21 Å². The largest absolute Gasteiger partial charge is 0.419 e. The van der Waals surface area contributed by atoms with E-state index in [4.69, 9.17) is 4.42 Å². The van der Waals surface area contributed by atoms with Gasteiger partial charge in [0.1, 0.15) is 0 Å². The summed E-state index contributed by atoms with van der Waals surface area (Å²) in [7, 11) is -2.08. The van der Waals surface area contributed by atoms with Crippen molar-refractivity contribution < 1.29 is 12.8 Å². The summed E-state index contributed by atoms with van der Waals surface area (Å²) in [4.78, 5) is 11.7. The fraction of sp³-hybridized carbons (Fsp3) is 0.438. The summed E-state index contributed by atoms with van der Waals surface area (Å²) in [6, 6.07) is 4.46. The minimum Gasteiger partial charge on any atom is -0.408 e. The fourth-order valence-corrected chi connectivity index (χ4v) is 4.77. The second-order valence-electron chi connectivity index (χ2n) is 6.93. The second-order valence-corrected chi connectivity index (χ2v) is 8.87. The first kappa shape index (κ1) is 15.8. The molecule has 0 bridgehead atoms. The quantitative estimate of drug-likeness (QED) is 0.670. The summed E-state index contributed by atoms with van der Waals surface area (Å²) in [5.74, 6) is 0.00760. The number of fused-ring (bicyclic) bond motifs is 1. The summed E-state index contributed by atoms with van der Waals surface area (Å²) < 4.78 is 35.2. The Morgan fingerprint density at radius 1 is 1.23 bits per heavy atom. The second kappa shape index (κ2) is 5.27. The third-order valence-corrected chi connectivity index (χ3v) is 6.95. The molecule has 0 spiro atoms. The first-order valence-electron chi connectivity index (χ1n) is 8.45. The molecule has 1 aliphatic carbocycles. The van der Waals surface area contributed by atoms with Gasteiger partial charge in [-0.05, 0) is 31.0 Å². The van der Waals surface area contributed by atoms with Crippen LogP contribution in [0.3, 0.4) is 0 Å². The maximum absolute atomic E-state index is 12.8. The van der Waals surface area contributed by atoms with Crippen LogP contribution in [0.15, 0.2) is 38.5 Å². The lowest BCUT2D eigenvalue weighted by Gasteiger charge is -2.37. The van der Waals surface area contributed by atoms with Crippen molar-refractivity contribution in [2.24, 2.45) is 7.05 Å². The van der Waals surface area contributed by atoms with E-state index in [9.17, 15) is 13.2 Å². The van der Waals surface area contributed by atoms with Crippen LogP contribution in [0.5, 0.6) is 0 Å². The van der Waals surface area contributed by atoms with E-state index in [1.165, 1.54) is 27.1 Å². The Morgan fingerprint density at radius 3 is 2.73 bits per heavy atom. The number of benzene rings is 1. The standard InChI is InChI=1S/C16H17N5O4S/c1-19-14-6-12(4-5-15(14)25-16(19)22)26(23,24)20-7-11(8-20)21-9-13(17-18-21)10-2-3-10/h4-6,9-11H,2-3,7-8H2,1H3. The number of hydrogen-bond donors (Lipinski definition) is 0. The molecule has 9 nitrogen and oxygen atoms in total. The molecule has 0 N–H and O–H groups in total. The van der Waals surface area contributed by atoms with Crippen LogP contribution in [0.1, 0.15) is 30.5 Å². The van der Waals surface area contributed by atoms with E-state index in [-0.39, 0.29) is 10.9 Å². The van der Waals surface area contributed by atoms with Crippen LogP contribution in [-0.4, -0.2) is 45.4 Å². The van der Waals surface area contributed by atoms with Gasteiger partial charge in [0.05, 0.1) is 22.1 Å². The highest BCUT2D eigenvalue weighted by atomic mass is 32.2. The van der Waals surface area contributed by atoms with Crippen LogP contribution in [0.4, 0.5) is 0 Å². The van der Waals surface area contributed by atoms with Crippen molar-refractivity contribution in [2.75, 3.05) is 13.1 Å². The smallest absolute Gasteiger partial charge is 0.408 e. The maximum Gasteiger partial charge on any atom is 0.419 e. The van der Waals surface area contributed by atoms with Crippen LogP contribution in [0.2, 0.25) is 0 Å². The van der Waals surface area contributed by atoms with E-state index < -0.39 is 15.8 Å². The predicted molar refractivity (Wildman–Crippen MR) is 91.2 cm³/mol. The number of nitrogens with zero attached hydrogens (tertiary/aromatic N) is 5. The molecule has 2 aliphatic rings. The summed E-state index contributed by atoms with van der Waals surface area (Å²) >= 11 is 0. The summed E-state index contributed by atoms with van der Waals surface area (Å²) in [6.45, 7) is 0.719. The maximum atomic E-state index is 12.8. The molecule has 0 radical (unpaired) electrons. The lowest BCUT2D eigenvalue weighted by Crippen LogP contribution is -2.50. The highest BCUT2D eigenvalue weighted by Crippen LogP contribution is 2.39. The summed E-state index contributed by atoms with van der Waals surface area (Å²) in [5, 5.41) is 8.31. The monoisotopic (exact) mass is 375 g/mol. The number of oxazole rings is 1. The van der Waals surface area contributed by atoms with Crippen molar-refractivity contribution in [3.8, 4) is 0 Å². The Hall–Kier alpha value is -2.46. The molecule has 3 heterocycles. The van der Waals surface area contributed by atoms with Crippen LogP contribution in [0.25, 0.3) is 11.1 Å². The van der Waals surface area contributed by atoms with Gasteiger partial charge in [0.25, 0.3) is 0 Å². The fourth-order valence-electron chi connectivity index (χ4n) is 3.23. The van der Waals surface area contributed by atoms with E-state index in [1.807, 2.05) is 6.20 Å². The number of aromatic nitrogens is 4. The minimum absolute atomic E-state index is 0.00628. The SMILES string of the molecule is Cn1c(=O)oc2ccc(S(=O)(=O)N3CC(n4cc(C5CC5)nn4)C3)cc21. The van der Waals surface area contributed by atoms with Gasteiger partial charge in [0, 0.05) is 32.3 Å². The van der Waals surface area contributed by atoms with Crippen molar-refractivity contribution in [1.29, 1.82) is 0 Å². The molecule has 0 unspecified atom stereocenters. The first-order valence-corrected chi connectivity index (χ1v) is 9.89. The molecule has 0 amide bonds. The van der Waals surface area contributed by atoms with E-state index in [1.54, 1.807) is 11.7 Å². The Labute approximate surface area is 148 Å². The molecule has 26 heavy (non-hydrogen) atoms. The van der Waals surface area contributed by atoms with Gasteiger partial charge < -0.3 is 4.42 Å². The zero-order chi connectivity index (χ0) is 18.1. The van der Waals surface area contributed by atoms with Gasteiger partial charge in [-0.25, -0.2) is 17.9 Å². The average molecular weight is 375 g/mol. The Kier molecular flexibility index (Phi) is 3.20. The number of hydrogen-bond acceptors (Lipinski definition) is 6. The highest BCUT2D eigenvalue weighted by Gasteiger charge is 2.39. The van der Waals surface area contributed by atoms with Crippen molar-refractivity contribution >= 4 is 21.1 Å². The molecule has 2 aromatic heterocycles.